The first-order valence-electron chi connectivity index (χ1n) is 7.29. The predicted octanol–water partition coefficient (Wildman–Crippen LogP) is 2.25. The first kappa shape index (κ1) is 12.3. The van der Waals surface area contributed by atoms with Gasteiger partial charge in [-0.15, -0.1) is 0 Å². The SMILES string of the molecule is O=C(c1cnc(NC2CC2)cn1)N1CCc2ccccc21. The Kier molecular flexibility index (Phi) is 2.84. The highest BCUT2D eigenvalue weighted by molar-refractivity contribution is 6.05. The van der Waals surface area contributed by atoms with Crippen LogP contribution in [0.5, 0.6) is 0 Å². The topological polar surface area (TPSA) is 58.1 Å². The summed E-state index contributed by atoms with van der Waals surface area (Å²) in [6.07, 6.45) is 6.48. The first-order chi connectivity index (χ1) is 10.3. The van der Waals surface area contributed by atoms with Gasteiger partial charge in [-0.3, -0.25) is 4.79 Å². The molecule has 0 saturated heterocycles. The van der Waals surface area contributed by atoms with Crippen molar-refractivity contribution in [1.29, 1.82) is 0 Å². The second kappa shape index (κ2) is 4.84. The van der Waals surface area contributed by atoms with Crippen LogP contribution < -0.4 is 10.2 Å². The maximum absolute atomic E-state index is 12.6. The standard InChI is InChI=1S/C16H16N4O/c21-16(20-8-7-11-3-1-2-4-14(11)20)13-9-18-15(10-17-13)19-12-5-6-12/h1-4,9-10,12H,5-8H2,(H,18,19). The smallest absolute Gasteiger partial charge is 0.278 e. The van der Waals surface area contributed by atoms with Crippen molar-refractivity contribution < 1.29 is 4.79 Å². The van der Waals surface area contributed by atoms with Crippen LogP contribution in [0.1, 0.15) is 28.9 Å². The lowest BCUT2D eigenvalue weighted by molar-refractivity contribution is 0.0984. The van der Waals surface area contributed by atoms with Crippen LogP contribution in [0.25, 0.3) is 0 Å². The number of benzene rings is 1. The third-order valence-electron chi connectivity index (χ3n) is 3.93. The van der Waals surface area contributed by atoms with Crippen molar-refractivity contribution in [3.8, 4) is 0 Å². The molecule has 2 aromatic rings. The molecule has 0 radical (unpaired) electrons. The molecular weight excluding hydrogens is 264 g/mol. The number of amides is 1. The minimum atomic E-state index is -0.0783. The van der Waals surface area contributed by atoms with Gasteiger partial charge >= 0.3 is 0 Å². The average Bonchev–Trinajstić information content (AvgIpc) is 3.23. The van der Waals surface area contributed by atoms with Crippen LogP contribution in [-0.2, 0) is 6.42 Å². The number of para-hydroxylation sites is 1. The number of nitrogens with one attached hydrogen (secondary N) is 1. The highest BCUT2D eigenvalue weighted by atomic mass is 16.2. The molecule has 1 amide bonds. The Morgan fingerprint density at radius 1 is 1.19 bits per heavy atom. The summed E-state index contributed by atoms with van der Waals surface area (Å²) in [4.78, 5) is 22.9. The Hall–Kier alpha value is -2.43. The van der Waals surface area contributed by atoms with Gasteiger partial charge in [0.1, 0.15) is 11.5 Å². The number of rotatable bonds is 3. The monoisotopic (exact) mass is 280 g/mol. The van der Waals surface area contributed by atoms with Gasteiger partial charge in [-0.05, 0) is 30.9 Å². The summed E-state index contributed by atoms with van der Waals surface area (Å²) < 4.78 is 0. The fraction of sp³-hybridized carbons (Fsp3) is 0.312. The van der Waals surface area contributed by atoms with Gasteiger partial charge in [0.2, 0.25) is 0 Å². The molecule has 21 heavy (non-hydrogen) atoms. The Morgan fingerprint density at radius 2 is 2.05 bits per heavy atom. The molecule has 1 aromatic heterocycles. The van der Waals surface area contributed by atoms with E-state index >= 15 is 0 Å². The lowest BCUT2D eigenvalue weighted by atomic mass is 10.2. The van der Waals surface area contributed by atoms with Crippen LogP contribution in [0.2, 0.25) is 0 Å². The number of hydrogen-bond acceptors (Lipinski definition) is 4. The summed E-state index contributed by atoms with van der Waals surface area (Å²) >= 11 is 0. The zero-order valence-electron chi connectivity index (χ0n) is 11.6. The molecule has 1 aliphatic carbocycles. The number of anilines is 2. The minimum Gasteiger partial charge on any atom is -0.366 e. The van der Waals surface area contributed by atoms with E-state index in [0.717, 1.165) is 17.9 Å². The quantitative estimate of drug-likeness (QED) is 0.937. The van der Waals surface area contributed by atoms with Crippen molar-refractivity contribution in [2.24, 2.45) is 0 Å². The second-order valence-corrected chi connectivity index (χ2v) is 5.54. The van der Waals surface area contributed by atoms with E-state index in [2.05, 4.69) is 21.4 Å². The van der Waals surface area contributed by atoms with Crippen molar-refractivity contribution in [3.63, 3.8) is 0 Å². The summed E-state index contributed by atoms with van der Waals surface area (Å²) in [7, 11) is 0. The van der Waals surface area contributed by atoms with Crippen molar-refractivity contribution in [1.82, 2.24) is 9.97 Å². The lowest BCUT2D eigenvalue weighted by Crippen LogP contribution is -2.29. The number of hydrogen-bond donors (Lipinski definition) is 1. The van der Waals surface area contributed by atoms with E-state index in [-0.39, 0.29) is 5.91 Å². The van der Waals surface area contributed by atoms with Gasteiger partial charge < -0.3 is 10.2 Å². The van der Waals surface area contributed by atoms with Crippen molar-refractivity contribution >= 4 is 17.4 Å². The molecule has 1 N–H and O–H groups in total. The van der Waals surface area contributed by atoms with Crippen molar-refractivity contribution in [2.45, 2.75) is 25.3 Å². The number of nitrogens with zero attached hydrogens (tertiary/aromatic N) is 3. The molecule has 0 unspecified atom stereocenters. The summed E-state index contributed by atoms with van der Waals surface area (Å²) in [5.41, 5.74) is 2.60. The molecule has 0 bridgehead atoms. The van der Waals surface area contributed by atoms with E-state index in [4.69, 9.17) is 0 Å². The molecule has 1 aliphatic heterocycles. The third-order valence-corrected chi connectivity index (χ3v) is 3.93. The largest absolute Gasteiger partial charge is 0.366 e. The van der Waals surface area contributed by atoms with Crippen LogP contribution in [0.4, 0.5) is 11.5 Å². The molecule has 1 aromatic carbocycles. The first-order valence-corrected chi connectivity index (χ1v) is 7.29. The second-order valence-electron chi connectivity index (χ2n) is 5.54. The Morgan fingerprint density at radius 3 is 2.81 bits per heavy atom. The molecule has 106 valence electrons. The zero-order chi connectivity index (χ0) is 14.2. The van der Waals surface area contributed by atoms with E-state index in [0.29, 0.717) is 18.3 Å². The van der Waals surface area contributed by atoms with Gasteiger partial charge in [-0.25, -0.2) is 9.97 Å². The van der Waals surface area contributed by atoms with Gasteiger partial charge in [0.25, 0.3) is 5.91 Å². The molecule has 5 nitrogen and oxygen atoms in total. The van der Waals surface area contributed by atoms with Gasteiger partial charge in [0, 0.05) is 18.3 Å². The van der Waals surface area contributed by atoms with Crippen LogP contribution in [0.15, 0.2) is 36.7 Å². The van der Waals surface area contributed by atoms with E-state index in [1.807, 2.05) is 18.2 Å². The summed E-state index contributed by atoms with van der Waals surface area (Å²) in [5, 5.41) is 3.27. The lowest BCUT2D eigenvalue weighted by Gasteiger charge is -2.16. The van der Waals surface area contributed by atoms with E-state index < -0.39 is 0 Å². The molecule has 0 atom stereocenters. The normalized spacial score (nSPS) is 16.7. The number of fused-ring (bicyclic) bond motifs is 1. The van der Waals surface area contributed by atoms with E-state index in [9.17, 15) is 4.79 Å². The van der Waals surface area contributed by atoms with E-state index in [1.165, 1.54) is 18.4 Å². The molecule has 1 saturated carbocycles. The maximum Gasteiger partial charge on any atom is 0.278 e. The Labute approximate surface area is 123 Å². The fourth-order valence-corrected chi connectivity index (χ4v) is 2.64. The zero-order valence-corrected chi connectivity index (χ0v) is 11.6. The van der Waals surface area contributed by atoms with Crippen LogP contribution in [0.3, 0.4) is 0 Å². The summed E-state index contributed by atoms with van der Waals surface area (Å²) in [6, 6.07) is 8.54. The van der Waals surface area contributed by atoms with Crippen molar-refractivity contribution in [2.75, 3.05) is 16.8 Å². The maximum atomic E-state index is 12.6. The molecule has 2 heterocycles. The summed E-state index contributed by atoms with van der Waals surface area (Å²) in [6.45, 7) is 0.710. The number of carbonyl (C=O) groups excluding carboxylic acids is 1. The number of carbonyl (C=O) groups is 1. The predicted molar refractivity (Wildman–Crippen MR) is 80.5 cm³/mol. The Bertz CT molecular complexity index is 679. The molecule has 5 heteroatoms. The van der Waals surface area contributed by atoms with Gasteiger partial charge in [-0.2, -0.15) is 0 Å². The average molecular weight is 280 g/mol. The number of aromatic nitrogens is 2. The van der Waals surface area contributed by atoms with Gasteiger partial charge in [-0.1, -0.05) is 18.2 Å². The van der Waals surface area contributed by atoms with Crippen LogP contribution in [0, 0.1) is 0 Å². The molecule has 1 fully saturated rings. The van der Waals surface area contributed by atoms with Crippen LogP contribution in [-0.4, -0.2) is 28.5 Å². The van der Waals surface area contributed by atoms with Crippen molar-refractivity contribution in [3.05, 3.63) is 47.9 Å². The van der Waals surface area contributed by atoms with Gasteiger partial charge in [0.05, 0.1) is 12.4 Å². The Balaban J connectivity index is 1.54. The minimum absolute atomic E-state index is 0.0783. The van der Waals surface area contributed by atoms with Gasteiger partial charge in [0.15, 0.2) is 0 Å². The highest BCUT2D eigenvalue weighted by Gasteiger charge is 2.26. The fourth-order valence-electron chi connectivity index (χ4n) is 2.64. The third kappa shape index (κ3) is 2.35. The summed E-state index contributed by atoms with van der Waals surface area (Å²) in [5.74, 6) is 0.668. The van der Waals surface area contributed by atoms with E-state index in [1.54, 1.807) is 17.3 Å². The highest BCUT2D eigenvalue weighted by Crippen LogP contribution is 2.28. The molecule has 4 rings (SSSR count). The molecule has 2 aliphatic rings. The molecule has 0 spiro atoms. The molecular formula is C16H16N4O. The van der Waals surface area contributed by atoms with Crippen LogP contribution >= 0.6 is 0 Å².